The SMILES string of the molecule is COc1ccc(C)cc1N([C@@H](C)C(=O)NC1CC1)S(C)(=O)=O. The second-order valence-corrected chi connectivity index (χ2v) is 7.55. The number of carbonyl (C=O) groups excluding carboxylic acids is 1. The van der Waals surface area contributed by atoms with E-state index in [0.29, 0.717) is 11.4 Å². The third kappa shape index (κ3) is 3.71. The van der Waals surface area contributed by atoms with E-state index in [9.17, 15) is 13.2 Å². The van der Waals surface area contributed by atoms with Gasteiger partial charge in [0.25, 0.3) is 0 Å². The normalized spacial score (nSPS) is 16.0. The van der Waals surface area contributed by atoms with Gasteiger partial charge in [0.15, 0.2) is 0 Å². The maximum Gasteiger partial charge on any atom is 0.243 e. The van der Waals surface area contributed by atoms with Gasteiger partial charge in [-0.25, -0.2) is 8.42 Å². The molecule has 1 amide bonds. The van der Waals surface area contributed by atoms with Crippen molar-refractivity contribution in [1.29, 1.82) is 0 Å². The van der Waals surface area contributed by atoms with E-state index < -0.39 is 16.1 Å². The topological polar surface area (TPSA) is 75.7 Å². The molecule has 0 unspecified atom stereocenters. The van der Waals surface area contributed by atoms with Crippen LogP contribution in [-0.2, 0) is 14.8 Å². The van der Waals surface area contributed by atoms with Crippen molar-refractivity contribution in [3.05, 3.63) is 23.8 Å². The van der Waals surface area contributed by atoms with Gasteiger partial charge in [-0.05, 0) is 44.4 Å². The van der Waals surface area contributed by atoms with Crippen molar-refractivity contribution < 1.29 is 17.9 Å². The fraction of sp³-hybridized carbons (Fsp3) is 0.533. The number of methoxy groups -OCH3 is 1. The lowest BCUT2D eigenvalue weighted by atomic mass is 10.2. The molecule has 1 aliphatic rings. The summed E-state index contributed by atoms with van der Waals surface area (Å²) in [4.78, 5) is 12.3. The molecule has 0 heterocycles. The molecule has 1 aromatic carbocycles. The van der Waals surface area contributed by atoms with Gasteiger partial charge in [0.1, 0.15) is 11.8 Å². The maximum absolute atomic E-state index is 12.3. The summed E-state index contributed by atoms with van der Waals surface area (Å²) in [7, 11) is -2.16. The van der Waals surface area contributed by atoms with Crippen LogP contribution in [0.5, 0.6) is 5.75 Å². The molecule has 22 heavy (non-hydrogen) atoms. The molecule has 0 aromatic heterocycles. The van der Waals surface area contributed by atoms with Crippen LogP contribution in [0.4, 0.5) is 5.69 Å². The van der Waals surface area contributed by atoms with Crippen LogP contribution >= 0.6 is 0 Å². The molecule has 0 spiro atoms. The second kappa shape index (κ2) is 6.16. The Balaban J connectivity index is 2.42. The Morgan fingerprint density at radius 1 is 1.41 bits per heavy atom. The molecule has 7 heteroatoms. The monoisotopic (exact) mass is 326 g/mol. The average molecular weight is 326 g/mol. The molecular weight excluding hydrogens is 304 g/mol. The fourth-order valence-electron chi connectivity index (χ4n) is 2.30. The lowest BCUT2D eigenvalue weighted by Gasteiger charge is -2.29. The van der Waals surface area contributed by atoms with E-state index >= 15 is 0 Å². The zero-order chi connectivity index (χ0) is 16.5. The molecule has 1 aliphatic carbocycles. The van der Waals surface area contributed by atoms with Crippen LogP contribution in [0.3, 0.4) is 0 Å². The molecule has 1 aromatic rings. The summed E-state index contributed by atoms with van der Waals surface area (Å²) in [6.07, 6.45) is 2.99. The van der Waals surface area contributed by atoms with Crippen molar-refractivity contribution in [2.75, 3.05) is 17.7 Å². The van der Waals surface area contributed by atoms with Crippen LogP contribution in [0, 0.1) is 6.92 Å². The van der Waals surface area contributed by atoms with Crippen molar-refractivity contribution >= 4 is 21.6 Å². The molecule has 1 fully saturated rings. The van der Waals surface area contributed by atoms with E-state index in [4.69, 9.17) is 4.74 Å². The lowest BCUT2D eigenvalue weighted by molar-refractivity contribution is -0.121. The van der Waals surface area contributed by atoms with Crippen LogP contribution in [0.2, 0.25) is 0 Å². The van der Waals surface area contributed by atoms with Gasteiger partial charge in [0.2, 0.25) is 15.9 Å². The summed E-state index contributed by atoms with van der Waals surface area (Å²) in [5.41, 5.74) is 1.27. The van der Waals surface area contributed by atoms with Crippen LogP contribution in [0.1, 0.15) is 25.3 Å². The Morgan fingerprint density at radius 3 is 2.55 bits per heavy atom. The number of carbonyl (C=O) groups is 1. The molecule has 0 saturated heterocycles. The average Bonchev–Trinajstić information content (AvgIpc) is 3.21. The largest absolute Gasteiger partial charge is 0.495 e. The third-order valence-corrected chi connectivity index (χ3v) is 4.81. The zero-order valence-corrected chi connectivity index (χ0v) is 14.1. The van der Waals surface area contributed by atoms with E-state index in [1.54, 1.807) is 19.1 Å². The number of hydrogen-bond donors (Lipinski definition) is 1. The number of nitrogens with one attached hydrogen (secondary N) is 1. The Kier molecular flexibility index (Phi) is 4.65. The van der Waals surface area contributed by atoms with Crippen LogP contribution in [-0.4, -0.2) is 39.8 Å². The Hall–Kier alpha value is -1.76. The quantitative estimate of drug-likeness (QED) is 0.858. The number of anilines is 1. The first-order chi connectivity index (χ1) is 10.2. The zero-order valence-electron chi connectivity index (χ0n) is 13.3. The molecule has 1 N–H and O–H groups in total. The number of rotatable bonds is 6. The van der Waals surface area contributed by atoms with Crippen molar-refractivity contribution in [3.63, 3.8) is 0 Å². The van der Waals surface area contributed by atoms with E-state index in [0.717, 1.165) is 29.0 Å². The van der Waals surface area contributed by atoms with Crippen molar-refractivity contribution in [1.82, 2.24) is 5.32 Å². The Morgan fingerprint density at radius 2 is 2.05 bits per heavy atom. The first kappa shape index (κ1) is 16.6. The third-order valence-electron chi connectivity index (χ3n) is 3.58. The summed E-state index contributed by atoms with van der Waals surface area (Å²) >= 11 is 0. The van der Waals surface area contributed by atoms with Crippen molar-refractivity contribution in [3.8, 4) is 5.75 Å². The lowest BCUT2D eigenvalue weighted by Crippen LogP contribution is -2.48. The molecule has 1 atom stereocenters. The van der Waals surface area contributed by atoms with Crippen molar-refractivity contribution in [2.24, 2.45) is 0 Å². The van der Waals surface area contributed by atoms with Crippen LogP contribution in [0.25, 0.3) is 0 Å². The first-order valence-electron chi connectivity index (χ1n) is 7.18. The summed E-state index contributed by atoms with van der Waals surface area (Å²) in [6.45, 7) is 3.44. The van der Waals surface area contributed by atoms with Gasteiger partial charge in [-0.1, -0.05) is 6.07 Å². The highest BCUT2D eigenvalue weighted by Crippen LogP contribution is 2.32. The highest BCUT2D eigenvalue weighted by molar-refractivity contribution is 7.92. The van der Waals surface area contributed by atoms with Gasteiger partial charge in [0.05, 0.1) is 19.1 Å². The second-order valence-electron chi connectivity index (χ2n) is 5.69. The van der Waals surface area contributed by atoms with Crippen molar-refractivity contribution in [2.45, 2.75) is 38.8 Å². The van der Waals surface area contributed by atoms with Crippen LogP contribution < -0.4 is 14.4 Å². The summed E-state index contributed by atoms with van der Waals surface area (Å²) in [5, 5.41) is 2.84. The molecule has 6 nitrogen and oxygen atoms in total. The minimum atomic E-state index is -3.63. The molecule has 0 radical (unpaired) electrons. The standard InChI is InChI=1S/C15H22N2O4S/c1-10-5-8-14(21-3)13(9-10)17(22(4,19)20)11(2)15(18)16-12-6-7-12/h5,8-9,11-12H,6-7H2,1-4H3,(H,16,18)/t11-/m0/s1. The number of nitrogens with zero attached hydrogens (tertiary/aromatic N) is 1. The highest BCUT2D eigenvalue weighted by Gasteiger charge is 2.34. The number of ether oxygens (including phenoxy) is 1. The predicted octanol–water partition coefficient (Wildman–Crippen LogP) is 1.44. The molecule has 2 rings (SSSR count). The highest BCUT2D eigenvalue weighted by atomic mass is 32.2. The van der Waals surface area contributed by atoms with Gasteiger partial charge in [-0.15, -0.1) is 0 Å². The fourth-order valence-corrected chi connectivity index (χ4v) is 3.47. The van der Waals surface area contributed by atoms with Gasteiger partial charge in [0, 0.05) is 6.04 Å². The Bertz CT molecular complexity index is 668. The molecule has 0 bridgehead atoms. The molecule has 122 valence electrons. The summed E-state index contributed by atoms with van der Waals surface area (Å²) in [6, 6.07) is 4.58. The smallest absolute Gasteiger partial charge is 0.243 e. The number of amides is 1. The molecule has 0 aliphatic heterocycles. The summed E-state index contributed by atoms with van der Waals surface area (Å²) < 4.78 is 30.9. The van der Waals surface area contributed by atoms with E-state index in [-0.39, 0.29) is 11.9 Å². The van der Waals surface area contributed by atoms with Gasteiger partial charge >= 0.3 is 0 Å². The maximum atomic E-state index is 12.3. The van der Waals surface area contributed by atoms with E-state index in [1.165, 1.54) is 7.11 Å². The number of aryl methyl sites for hydroxylation is 1. The number of benzene rings is 1. The molecular formula is C15H22N2O4S. The van der Waals surface area contributed by atoms with Gasteiger partial charge in [-0.2, -0.15) is 0 Å². The molecule has 1 saturated carbocycles. The number of sulfonamides is 1. The van der Waals surface area contributed by atoms with Crippen LogP contribution in [0.15, 0.2) is 18.2 Å². The minimum absolute atomic E-state index is 0.177. The summed E-state index contributed by atoms with van der Waals surface area (Å²) in [5.74, 6) is 0.124. The van der Waals surface area contributed by atoms with Gasteiger partial charge < -0.3 is 10.1 Å². The van der Waals surface area contributed by atoms with E-state index in [2.05, 4.69) is 5.32 Å². The van der Waals surface area contributed by atoms with E-state index in [1.807, 2.05) is 13.0 Å². The van der Waals surface area contributed by atoms with Gasteiger partial charge in [-0.3, -0.25) is 9.10 Å². The number of hydrogen-bond acceptors (Lipinski definition) is 4. The Labute approximate surface area is 131 Å². The predicted molar refractivity (Wildman–Crippen MR) is 85.7 cm³/mol. The first-order valence-corrected chi connectivity index (χ1v) is 9.03. The minimum Gasteiger partial charge on any atom is -0.495 e.